The van der Waals surface area contributed by atoms with E-state index in [-0.39, 0.29) is 34.1 Å². The molecule has 2 N–H and O–H groups in total. The maximum Gasteiger partial charge on any atom is 0.322 e. The Bertz CT molecular complexity index is 1350. The van der Waals surface area contributed by atoms with Crippen LogP contribution in [0, 0.1) is 0 Å². The Morgan fingerprint density at radius 2 is 1.74 bits per heavy atom. The average molecular weight is 461 g/mol. The number of aliphatic carboxylic acids is 1. The lowest BCUT2D eigenvalue weighted by Gasteiger charge is -2.13. The molecule has 0 heterocycles. The highest BCUT2D eigenvalue weighted by Gasteiger charge is 2.15. The van der Waals surface area contributed by atoms with Gasteiger partial charge in [0.25, 0.3) is 0 Å². The van der Waals surface area contributed by atoms with Gasteiger partial charge in [-0.3, -0.25) is 4.79 Å². The van der Waals surface area contributed by atoms with Gasteiger partial charge >= 0.3 is 5.97 Å². The molecule has 2 aromatic rings. The first-order valence-corrected chi connectivity index (χ1v) is 10.2. The van der Waals surface area contributed by atoms with Crippen molar-refractivity contribution < 1.29 is 49.6 Å². The van der Waals surface area contributed by atoms with E-state index in [0.717, 1.165) is 23.6 Å². The van der Waals surface area contributed by atoms with Crippen LogP contribution in [-0.4, -0.2) is 54.3 Å². The summed E-state index contributed by atoms with van der Waals surface area (Å²) < 4.78 is 111. The average Bonchev–Trinajstić information content (AvgIpc) is 2.74. The van der Waals surface area contributed by atoms with Gasteiger partial charge in [-0.15, -0.1) is 0 Å². The van der Waals surface area contributed by atoms with Crippen LogP contribution in [0.5, 0.6) is 23.0 Å². The maximum atomic E-state index is 12.9. The Kier molecular flexibility index (Phi) is 4.71. The van der Waals surface area contributed by atoms with E-state index < -0.39 is 55.0 Å². The molecule has 0 bridgehead atoms. The van der Waals surface area contributed by atoms with Crippen LogP contribution in [-0.2, 0) is 20.4 Å². The van der Waals surface area contributed by atoms with Gasteiger partial charge in [0.1, 0.15) is 29.5 Å². The SMILES string of the molecule is [2H]C([2H])([2H])Oc1cc(OC)c(/C=C/S(=O)(=O)Cc2ccc(OC([2H])([2H])[2H])c(NCC(=O)O)c2)c(OC([2H])([2H])[2H])c1. The number of ether oxygens (including phenoxy) is 4. The molecule has 168 valence electrons. The third-order valence-electron chi connectivity index (χ3n) is 3.92. The predicted octanol–water partition coefficient (Wildman–Crippen LogP) is 2.80. The number of rotatable bonds is 11. The number of carboxylic acids is 1. The van der Waals surface area contributed by atoms with E-state index in [4.69, 9.17) is 36.4 Å². The molecule has 31 heavy (non-hydrogen) atoms. The Morgan fingerprint density at radius 3 is 2.39 bits per heavy atom. The molecule has 0 spiro atoms. The minimum absolute atomic E-state index is 0.0740. The van der Waals surface area contributed by atoms with Gasteiger partial charge < -0.3 is 29.4 Å². The highest BCUT2D eigenvalue weighted by molar-refractivity contribution is 7.93. The van der Waals surface area contributed by atoms with E-state index >= 15 is 0 Å². The Morgan fingerprint density at radius 1 is 1.06 bits per heavy atom. The number of methoxy groups -OCH3 is 4. The van der Waals surface area contributed by atoms with Gasteiger partial charge in [-0.2, -0.15) is 0 Å². The van der Waals surface area contributed by atoms with Crippen molar-refractivity contribution in [3.8, 4) is 23.0 Å². The van der Waals surface area contributed by atoms with Crippen LogP contribution in [0.15, 0.2) is 35.7 Å². The summed E-state index contributed by atoms with van der Waals surface area (Å²) in [4.78, 5) is 10.9. The number of carboxylic acid groups (broad SMARTS) is 1. The van der Waals surface area contributed by atoms with E-state index in [1.54, 1.807) is 0 Å². The summed E-state index contributed by atoms with van der Waals surface area (Å²) in [6.45, 7) is -0.610. The first-order valence-electron chi connectivity index (χ1n) is 12.9. The minimum Gasteiger partial charge on any atom is -0.496 e. The molecular formula is C21H25NO8S. The summed E-state index contributed by atoms with van der Waals surface area (Å²) in [6.07, 6.45) is 0.990. The molecule has 2 aromatic carbocycles. The Hall–Kier alpha value is -3.40. The normalized spacial score (nSPS) is 16.7. The number of hydrogen-bond acceptors (Lipinski definition) is 8. The maximum absolute atomic E-state index is 12.9. The summed E-state index contributed by atoms with van der Waals surface area (Å²) >= 11 is 0. The van der Waals surface area contributed by atoms with E-state index in [1.165, 1.54) is 25.3 Å². The molecule has 0 aliphatic heterocycles. The van der Waals surface area contributed by atoms with Gasteiger partial charge in [-0.25, -0.2) is 8.42 Å². The minimum atomic E-state index is -4.10. The van der Waals surface area contributed by atoms with Gasteiger partial charge in [-0.05, 0) is 23.8 Å². The second-order valence-electron chi connectivity index (χ2n) is 6.03. The topological polar surface area (TPSA) is 120 Å². The van der Waals surface area contributed by atoms with Crippen LogP contribution >= 0.6 is 0 Å². The first-order chi connectivity index (χ1) is 18.2. The van der Waals surface area contributed by atoms with Crippen molar-refractivity contribution in [3.05, 3.63) is 46.9 Å². The van der Waals surface area contributed by atoms with E-state index in [9.17, 15) is 13.2 Å². The van der Waals surface area contributed by atoms with Gasteiger partial charge in [0.05, 0.1) is 57.6 Å². The number of benzene rings is 2. The molecule has 0 saturated carbocycles. The Labute approximate surface area is 193 Å². The number of nitrogens with one attached hydrogen (secondary N) is 1. The highest BCUT2D eigenvalue weighted by atomic mass is 32.2. The van der Waals surface area contributed by atoms with Crippen molar-refractivity contribution in [2.24, 2.45) is 0 Å². The molecule has 0 saturated heterocycles. The molecule has 0 aliphatic carbocycles. The summed E-state index contributed by atoms with van der Waals surface area (Å²) in [7, 11) is -11.7. The van der Waals surface area contributed by atoms with Crippen molar-refractivity contribution in [1.29, 1.82) is 0 Å². The molecule has 0 radical (unpaired) electrons. The van der Waals surface area contributed by atoms with Crippen LogP contribution in [0.1, 0.15) is 23.5 Å². The van der Waals surface area contributed by atoms with Gasteiger partial charge in [0.2, 0.25) is 0 Å². The molecular weight excluding hydrogens is 426 g/mol. The zero-order valence-electron chi connectivity index (χ0n) is 25.2. The van der Waals surface area contributed by atoms with Gasteiger partial charge in [0, 0.05) is 17.5 Å². The highest BCUT2D eigenvalue weighted by Crippen LogP contribution is 2.35. The fourth-order valence-corrected chi connectivity index (χ4v) is 3.65. The summed E-state index contributed by atoms with van der Waals surface area (Å²) in [6, 6.07) is 5.70. The molecule has 0 unspecified atom stereocenters. The summed E-state index contributed by atoms with van der Waals surface area (Å²) in [5.41, 5.74) is -0.0943. The summed E-state index contributed by atoms with van der Waals surface area (Å²) in [5.74, 6) is -3.06. The molecule has 0 fully saturated rings. The van der Waals surface area contributed by atoms with Gasteiger partial charge in [0.15, 0.2) is 9.84 Å². The van der Waals surface area contributed by atoms with Crippen LogP contribution in [0.25, 0.3) is 6.08 Å². The zero-order valence-corrected chi connectivity index (χ0v) is 17.0. The molecule has 9 nitrogen and oxygen atoms in total. The number of carbonyl (C=O) groups is 1. The first kappa shape index (κ1) is 13.8. The zero-order chi connectivity index (χ0) is 30.5. The lowest BCUT2D eigenvalue weighted by atomic mass is 10.1. The van der Waals surface area contributed by atoms with Crippen molar-refractivity contribution in [3.63, 3.8) is 0 Å². The second kappa shape index (κ2) is 10.6. The summed E-state index contributed by atoms with van der Waals surface area (Å²) in [5, 5.41) is 12.1. The molecule has 0 atom stereocenters. The number of hydrogen-bond donors (Lipinski definition) is 2. The van der Waals surface area contributed by atoms with Crippen LogP contribution < -0.4 is 24.3 Å². The lowest BCUT2D eigenvalue weighted by molar-refractivity contribution is -0.134. The molecule has 0 aromatic heterocycles. The van der Waals surface area contributed by atoms with Crippen molar-refractivity contribution in [2.45, 2.75) is 5.75 Å². The molecule has 0 aliphatic rings. The van der Waals surface area contributed by atoms with Crippen LogP contribution in [0.2, 0.25) is 0 Å². The Balaban J connectivity index is 2.45. The fraction of sp³-hybridized carbons (Fsp3) is 0.286. The third-order valence-corrected chi connectivity index (χ3v) is 5.21. The largest absolute Gasteiger partial charge is 0.496 e. The van der Waals surface area contributed by atoms with Gasteiger partial charge in [-0.1, -0.05) is 6.07 Å². The van der Waals surface area contributed by atoms with Crippen LogP contribution in [0.4, 0.5) is 5.69 Å². The van der Waals surface area contributed by atoms with Crippen molar-refractivity contribution in [1.82, 2.24) is 0 Å². The molecule has 0 amide bonds. The van der Waals surface area contributed by atoms with E-state index in [1.807, 2.05) is 0 Å². The molecule has 2 rings (SSSR count). The number of anilines is 1. The predicted molar refractivity (Wildman–Crippen MR) is 117 cm³/mol. The number of sulfone groups is 1. The van der Waals surface area contributed by atoms with E-state index in [0.29, 0.717) is 0 Å². The second-order valence-corrected chi connectivity index (χ2v) is 7.92. The monoisotopic (exact) mass is 460 g/mol. The van der Waals surface area contributed by atoms with E-state index in [2.05, 4.69) is 5.32 Å². The van der Waals surface area contributed by atoms with Crippen molar-refractivity contribution in [2.75, 3.05) is 40.1 Å². The van der Waals surface area contributed by atoms with Crippen molar-refractivity contribution >= 4 is 27.6 Å². The molecule has 10 heteroatoms. The third kappa shape index (κ3) is 6.54. The quantitative estimate of drug-likeness (QED) is 0.521. The lowest BCUT2D eigenvalue weighted by Crippen LogP contribution is -2.13. The smallest absolute Gasteiger partial charge is 0.322 e. The fourth-order valence-electron chi connectivity index (χ4n) is 2.57. The standard InChI is InChI=1S/C21H25NO8S/c1-27-15-10-19(29-3)16(20(11-15)30-4)7-8-31(25,26)13-14-5-6-18(28-2)17(9-14)22-12-21(23)24/h5-11,22H,12-13H2,1-4H3,(H,23,24)/b8-7+/i1D3,2D3,3D3. The van der Waals surface area contributed by atoms with Crippen LogP contribution in [0.3, 0.4) is 0 Å².